The highest BCUT2D eigenvalue weighted by Gasteiger charge is 2.31. The van der Waals surface area contributed by atoms with Gasteiger partial charge in [-0.05, 0) is 38.1 Å². The second-order valence-electron chi connectivity index (χ2n) is 8.22. The molecular formula is C18H30N4O2S. The number of likely N-dealkylation sites (tertiary alicyclic amines) is 1. The summed E-state index contributed by atoms with van der Waals surface area (Å²) >= 11 is 1.28. The summed E-state index contributed by atoms with van der Waals surface area (Å²) in [5.41, 5.74) is -0.0978. The molecule has 140 valence electrons. The first-order valence-electron chi connectivity index (χ1n) is 9.40. The molecule has 2 fully saturated rings. The highest BCUT2D eigenvalue weighted by Crippen LogP contribution is 2.26. The van der Waals surface area contributed by atoms with Crippen LogP contribution < -0.4 is 5.32 Å². The number of nitrogens with one attached hydrogen (secondary N) is 1. The molecule has 0 bridgehead atoms. The Balaban J connectivity index is 1.61. The molecule has 25 heavy (non-hydrogen) atoms. The van der Waals surface area contributed by atoms with Crippen LogP contribution in [0.15, 0.2) is 0 Å². The van der Waals surface area contributed by atoms with Gasteiger partial charge in [-0.25, -0.2) is 4.98 Å². The van der Waals surface area contributed by atoms with Crippen LogP contribution in [0, 0.1) is 5.92 Å². The van der Waals surface area contributed by atoms with Crippen molar-refractivity contribution in [3.8, 4) is 0 Å². The average Bonchev–Trinajstić information content (AvgIpc) is 3.05. The van der Waals surface area contributed by atoms with E-state index in [0.29, 0.717) is 11.0 Å². The minimum Gasteiger partial charge on any atom is -0.381 e. The van der Waals surface area contributed by atoms with Gasteiger partial charge in [-0.1, -0.05) is 27.2 Å². The fourth-order valence-electron chi connectivity index (χ4n) is 3.53. The van der Waals surface area contributed by atoms with Crippen LogP contribution in [0.1, 0.15) is 58.7 Å². The van der Waals surface area contributed by atoms with Crippen LogP contribution in [0.25, 0.3) is 0 Å². The third-order valence-corrected chi connectivity index (χ3v) is 5.71. The number of ether oxygens (including phenoxy) is 1. The van der Waals surface area contributed by atoms with Crippen LogP contribution in [0.3, 0.4) is 0 Å². The molecule has 2 aliphatic heterocycles. The van der Waals surface area contributed by atoms with Gasteiger partial charge in [0, 0.05) is 36.7 Å². The first-order chi connectivity index (χ1) is 11.9. The Morgan fingerprint density at radius 3 is 2.72 bits per heavy atom. The van der Waals surface area contributed by atoms with Crippen molar-refractivity contribution in [2.75, 3.05) is 31.6 Å². The topological polar surface area (TPSA) is 67.4 Å². The average molecular weight is 367 g/mol. The standard InChI is InChI=1S/C18H30N4O2S/c1-18(2,3)16-20-17(25-21-16)19-15(23)14-6-4-5-9-22(14)12-13-7-10-24-11-8-13/h13-14H,4-12H2,1-3H3,(H,19,20,21,23). The lowest BCUT2D eigenvalue weighted by Gasteiger charge is -2.37. The predicted octanol–water partition coefficient (Wildman–Crippen LogP) is 3.06. The Morgan fingerprint density at radius 2 is 2.04 bits per heavy atom. The predicted molar refractivity (Wildman–Crippen MR) is 100.0 cm³/mol. The highest BCUT2D eigenvalue weighted by molar-refractivity contribution is 7.09. The summed E-state index contributed by atoms with van der Waals surface area (Å²) in [6, 6.07) is -0.0430. The van der Waals surface area contributed by atoms with Crippen LogP contribution in [0.5, 0.6) is 0 Å². The SMILES string of the molecule is CC(C)(C)c1nsc(NC(=O)C2CCCCN2CC2CCOCC2)n1. The molecule has 1 aromatic rings. The lowest BCUT2D eigenvalue weighted by Crippen LogP contribution is -2.49. The molecule has 6 nitrogen and oxygen atoms in total. The summed E-state index contributed by atoms with van der Waals surface area (Å²) in [7, 11) is 0. The molecule has 0 aromatic carbocycles. The normalized spacial score (nSPS) is 23.6. The number of amides is 1. The highest BCUT2D eigenvalue weighted by atomic mass is 32.1. The van der Waals surface area contributed by atoms with Gasteiger partial charge < -0.3 is 4.74 Å². The largest absolute Gasteiger partial charge is 0.381 e. The van der Waals surface area contributed by atoms with Crippen molar-refractivity contribution in [1.29, 1.82) is 0 Å². The molecule has 1 N–H and O–H groups in total. The van der Waals surface area contributed by atoms with E-state index in [2.05, 4.69) is 40.3 Å². The fraction of sp³-hybridized carbons (Fsp3) is 0.833. The first-order valence-corrected chi connectivity index (χ1v) is 10.2. The third kappa shape index (κ3) is 4.99. The number of anilines is 1. The van der Waals surface area contributed by atoms with Gasteiger partial charge in [0.15, 0.2) is 0 Å². The summed E-state index contributed by atoms with van der Waals surface area (Å²) in [4.78, 5) is 19.7. The molecule has 0 spiro atoms. The minimum absolute atomic E-state index is 0.0430. The molecule has 7 heteroatoms. The number of nitrogens with zero attached hydrogens (tertiary/aromatic N) is 3. The smallest absolute Gasteiger partial charge is 0.243 e. The van der Waals surface area contributed by atoms with Gasteiger partial charge in [0.2, 0.25) is 11.0 Å². The molecule has 0 radical (unpaired) electrons. The summed E-state index contributed by atoms with van der Waals surface area (Å²) in [6.07, 6.45) is 5.44. The van der Waals surface area contributed by atoms with Crippen LogP contribution in [0.4, 0.5) is 5.13 Å². The van der Waals surface area contributed by atoms with Gasteiger partial charge >= 0.3 is 0 Å². The molecule has 3 rings (SSSR count). The molecule has 3 heterocycles. The Morgan fingerprint density at radius 1 is 1.28 bits per heavy atom. The van der Waals surface area contributed by atoms with E-state index in [1.165, 1.54) is 18.0 Å². The minimum atomic E-state index is -0.0978. The monoisotopic (exact) mass is 366 g/mol. The molecule has 1 atom stereocenters. The van der Waals surface area contributed by atoms with Crippen molar-refractivity contribution in [1.82, 2.24) is 14.3 Å². The van der Waals surface area contributed by atoms with E-state index in [1.807, 2.05) is 0 Å². The van der Waals surface area contributed by atoms with Crippen molar-refractivity contribution < 1.29 is 9.53 Å². The summed E-state index contributed by atoms with van der Waals surface area (Å²) in [6.45, 7) is 9.97. The van der Waals surface area contributed by atoms with Crippen molar-refractivity contribution in [3.63, 3.8) is 0 Å². The molecule has 1 amide bonds. The zero-order valence-electron chi connectivity index (χ0n) is 15.6. The van der Waals surface area contributed by atoms with Crippen molar-refractivity contribution in [3.05, 3.63) is 5.82 Å². The molecule has 0 aliphatic carbocycles. The molecule has 1 aromatic heterocycles. The number of piperidine rings is 1. The van der Waals surface area contributed by atoms with Crippen molar-refractivity contribution in [2.45, 2.75) is 64.3 Å². The van der Waals surface area contributed by atoms with E-state index in [9.17, 15) is 4.79 Å². The molecule has 2 saturated heterocycles. The van der Waals surface area contributed by atoms with Crippen LogP contribution >= 0.6 is 11.5 Å². The summed E-state index contributed by atoms with van der Waals surface area (Å²) in [5, 5.41) is 3.63. The number of rotatable bonds is 4. The number of carbonyl (C=O) groups excluding carboxylic acids is 1. The van der Waals surface area contributed by atoms with Gasteiger partial charge in [0.25, 0.3) is 0 Å². The van der Waals surface area contributed by atoms with E-state index < -0.39 is 0 Å². The lowest BCUT2D eigenvalue weighted by atomic mass is 9.95. The molecule has 2 aliphatic rings. The van der Waals surface area contributed by atoms with Gasteiger partial charge in [-0.2, -0.15) is 4.37 Å². The van der Waals surface area contributed by atoms with E-state index in [0.717, 1.165) is 57.8 Å². The quantitative estimate of drug-likeness (QED) is 0.887. The third-order valence-electron chi connectivity index (χ3n) is 5.08. The van der Waals surface area contributed by atoms with Crippen LogP contribution in [-0.2, 0) is 14.9 Å². The zero-order valence-corrected chi connectivity index (χ0v) is 16.4. The Kier molecular flexibility index (Phi) is 6.07. The van der Waals surface area contributed by atoms with E-state index in [1.54, 1.807) is 0 Å². The zero-order chi connectivity index (χ0) is 17.9. The van der Waals surface area contributed by atoms with E-state index in [4.69, 9.17) is 4.74 Å². The van der Waals surface area contributed by atoms with Crippen molar-refractivity contribution in [2.24, 2.45) is 5.92 Å². The Labute approximate surface area is 154 Å². The van der Waals surface area contributed by atoms with Gasteiger partial charge in [0.05, 0.1) is 6.04 Å². The van der Waals surface area contributed by atoms with Gasteiger partial charge in [0.1, 0.15) is 5.82 Å². The fourth-order valence-corrected chi connectivity index (χ4v) is 4.30. The number of hydrogen-bond donors (Lipinski definition) is 1. The second kappa shape index (κ2) is 8.10. The number of hydrogen-bond acceptors (Lipinski definition) is 6. The molecule has 0 saturated carbocycles. The van der Waals surface area contributed by atoms with Crippen LogP contribution in [0.2, 0.25) is 0 Å². The van der Waals surface area contributed by atoms with E-state index >= 15 is 0 Å². The first kappa shape index (κ1) is 18.7. The summed E-state index contributed by atoms with van der Waals surface area (Å²) < 4.78 is 9.85. The number of carbonyl (C=O) groups is 1. The maximum absolute atomic E-state index is 12.8. The maximum atomic E-state index is 12.8. The molecular weight excluding hydrogens is 336 g/mol. The number of aromatic nitrogens is 2. The van der Waals surface area contributed by atoms with Crippen molar-refractivity contribution >= 4 is 22.6 Å². The molecule has 1 unspecified atom stereocenters. The lowest BCUT2D eigenvalue weighted by molar-refractivity contribution is -0.122. The Hall–Kier alpha value is -1.05. The Bertz CT molecular complexity index is 578. The van der Waals surface area contributed by atoms with E-state index in [-0.39, 0.29) is 17.4 Å². The van der Waals surface area contributed by atoms with Gasteiger partial charge in [-0.15, -0.1) is 0 Å². The van der Waals surface area contributed by atoms with Crippen LogP contribution in [-0.4, -0.2) is 52.5 Å². The second-order valence-corrected chi connectivity index (χ2v) is 8.98. The van der Waals surface area contributed by atoms with Gasteiger partial charge in [-0.3, -0.25) is 15.0 Å². The summed E-state index contributed by atoms with van der Waals surface area (Å²) in [5.74, 6) is 1.51. The maximum Gasteiger partial charge on any atom is 0.243 e.